The van der Waals surface area contributed by atoms with E-state index in [4.69, 9.17) is 0 Å². The third-order valence-electron chi connectivity index (χ3n) is 9.00. The fraction of sp³-hybridized carbons (Fsp3) is 0.833. The van der Waals surface area contributed by atoms with Crippen molar-refractivity contribution in [3.63, 3.8) is 0 Å². The Morgan fingerprint density at radius 2 is 0.750 bits per heavy atom. The van der Waals surface area contributed by atoms with Crippen LogP contribution in [-0.4, -0.2) is 89.6 Å². The monoisotopic (exact) mass is 559 g/mol. The molecule has 1 aromatic rings. The SMILES string of the molecule is C.CC(C)N1CCCC1.CC(C)N1CCCCC1.CC(C)N1CCCCC1.CC(C)N1CCc2ccccc2C1. The lowest BCUT2D eigenvalue weighted by Gasteiger charge is -2.31. The van der Waals surface area contributed by atoms with Crippen molar-refractivity contribution in [1.29, 1.82) is 0 Å². The van der Waals surface area contributed by atoms with Crippen molar-refractivity contribution in [1.82, 2.24) is 19.6 Å². The molecule has 234 valence electrons. The zero-order valence-electron chi connectivity index (χ0n) is 27.4. The van der Waals surface area contributed by atoms with E-state index in [0.717, 1.165) is 24.7 Å². The molecule has 0 aromatic heterocycles. The lowest BCUT2D eigenvalue weighted by molar-refractivity contribution is 0.185. The van der Waals surface area contributed by atoms with Crippen molar-refractivity contribution >= 4 is 0 Å². The summed E-state index contributed by atoms with van der Waals surface area (Å²) in [6, 6.07) is 11.8. The molecule has 0 saturated carbocycles. The minimum atomic E-state index is 0. The van der Waals surface area contributed by atoms with Gasteiger partial charge in [0, 0.05) is 37.3 Å². The number of benzene rings is 1. The van der Waals surface area contributed by atoms with Crippen molar-refractivity contribution in [2.24, 2.45) is 0 Å². The predicted molar refractivity (Wildman–Crippen MR) is 179 cm³/mol. The van der Waals surface area contributed by atoms with E-state index in [1.54, 1.807) is 5.56 Å². The van der Waals surface area contributed by atoms with E-state index in [1.165, 1.54) is 109 Å². The molecule has 3 saturated heterocycles. The number of hydrogen-bond acceptors (Lipinski definition) is 4. The summed E-state index contributed by atoms with van der Waals surface area (Å²) in [6.07, 6.45) is 12.6. The number of fused-ring (bicyclic) bond motifs is 1. The fourth-order valence-corrected chi connectivity index (χ4v) is 6.09. The molecular weight excluding hydrogens is 488 g/mol. The van der Waals surface area contributed by atoms with Gasteiger partial charge in [-0.15, -0.1) is 0 Å². The highest BCUT2D eigenvalue weighted by Gasteiger charge is 2.17. The van der Waals surface area contributed by atoms with Crippen LogP contribution in [0.2, 0.25) is 0 Å². The van der Waals surface area contributed by atoms with Gasteiger partial charge in [-0.25, -0.2) is 0 Å². The van der Waals surface area contributed by atoms with Crippen LogP contribution in [0.25, 0.3) is 0 Å². The van der Waals surface area contributed by atoms with Crippen molar-refractivity contribution in [2.45, 2.75) is 151 Å². The van der Waals surface area contributed by atoms with Crippen LogP contribution in [0.4, 0.5) is 0 Å². The fourth-order valence-electron chi connectivity index (χ4n) is 6.09. The van der Waals surface area contributed by atoms with Crippen molar-refractivity contribution in [2.75, 3.05) is 45.8 Å². The maximum Gasteiger partial charge on any atom is 0.0239 e. The van der Waals surface area contributed by atoms with Gasteiger partial charge in [-0.05, 0) is 151 Å². The van der Waals surface area contributed by atoms with Gasteiger partial charge in [0.05, 0.1) is 0 Å². The molecule has 0 N–H and O–H groups in total. The van der Waals surface area contributed by atoms with E-state index >= 15 is 0 Å². The van der Waals surface area contributed by atoms with Crippen LogP contribution in [0, 0.1) is 0 Å². The van der Waals surface area contributed by atoms with Crippen LogP contribution in [0.5, 0.6) is 0 Å². The zero-order valence-corrected chi connectivity index (χ0v) is 27.4. The van der Waals surface area contributed by atoms with Crippen molar-refractivity contribution in [3.05, 3.63) is 35.4 Å². The van der Waals surface area contributed by atoms with Gasteiger partial charge in [-0.1, -0.05) is 44.5 Å². The largest absolute Gasteiger partial charge is 0.301 e. The molecule has 3 fully saturated rings. The first-order valence-electron chi connectivity index (χ1n) is 16.7. The van der Waals surface area contributed by atoms with Crippen LogP contribution in [0.1, 0.15) is 125 Å². The van der Waals surface area contributed by atoms with E-state index in [0.29, 0.717) is 6.04 Å². The summed E-state index contributed by atoms with van der Waals surface area (Å²) in [6.45, 7) is 28.5. The number of piperidine rings is 2. The molecule has 4 nitrogen and oxygen atoms in total. The summed E-state index contributed by atoms with van der Waals surface area (Å²) in [4.78, 5) is 10.2. The molecule has 4 aliphatic heterocycles. The number of nitrogens with zero attached hydrogens (tertiary/aromatic N) is 4. The van der Waals surface area contributed by atoms with Gasteiger partial charge in [0.2, 0.25) is 0 Å². The van der Waals surface area contributed by atoms with Gasteiger partial charge in [-0.3, -0.25) is 4.90 Å². The first-order chi connectivity index (χ1) is 18.7. The van der Waals surface area contributed by atoms with Gasteiger partial charge in [0.1, 0.15) is 0 Å². The molecule has 0 atom stereocenters. The Morgan fingerprint density at radius 1 is 0.425 bits per heavy atom. The summed E-state index contributed by atoms with van der Waals surface area (Å²) in [5, 5.41) is 0. The lowest BCUT2D eigenvalue weighted by Crippen LogP contribution is -2.35. The maximum atomic E-state index is 2.56. The highest BCUT2D eigenvalue weighted by atomic mass is 15.2. The molecule has 40 heavy (non-hydrogen) atoms. The van der Waals surface area contributed by atoms with E-state index in [-0.39, 0.29) is 7.43 Å². The van der Waals surface area contributed by atoms with Gasteiger partial charge in [0.15, 0.2) is 0 Å². The average molecular weight is 559 g/mol. The second kappa shape index (κ2) is 20.9. The Morgan fingerprint density at radius 3 is 1.07 bits per heavy atom. The molecule has 4 heteroatoms. The highest BCUT2D eigenvalue weighted by molar-refractivity contribution is 5.29. The predicted octanol–water partition coefficient (Wildman–Crippen LogP) is 8.34. The summed E-state index contributed by atoms with van der Waals surface area (Å²) in [5.41, 5.74) is 3.06. The number of hydrogen-bond donors (Lipinski definition) is 0. The molecule has 0 aliphatic carbocycles. The summed E-state index contributed by atoms with van der Waals surface area (Å²) >= 11 is 0. The number of likely N-dealkylation sites (tertiary alicyclic amines) is 3. The smallest absolute Gasteiger partial charge is 0.0239 e. The standard InChI is InChI=1S/C12H17N.2C8H17N.C7H15N.CH4/c1-10(2)13-8-7-11-5-3-4-6-12(11)9-13;2*1-8(2)9-6-4-3-5-7-9;1-7(2)8-5-3-4-6-8;/h3-6,10H,7-9H2,1-2H3;2*8H,3-7H2,1-2H3;7H,3-6H2,1-2H3;1H4. The molecule has 0 amide bonds. The second-order valence-electron chi connectivity index (χ2n) is 13.3. The molecule has 5 rings (SSSR count). The normalized spacial score (nSPS) is 20.6. The van der Waals surface area contributed by atoms with Crippen molar-refractivity contribution < 1.29 is 0 Å². The first-order valence-corrected chi connectivity index (χ1v) is 16.7. The molecule has 1 aromatic carbocycles. The van der Waals surface area contributed by atoms with Gasteiger partial charge in [0.25, 0.3) is 0 Å². The van der Waals surface area contributed by atoms with Crippen LogP contribution >= 0.6 is 0 Å². The number of rotatable bonds is 4. The second-order valence-corrected chi connectivity index (χ2v) is 13.3. The summed E-state index contributed by atoms with van der Waals surface area (Å²) in [5.74, 6) is 0. The molecule has 0 unspecified atom stereocenters. The first kappa shape index (κ1) is 37.1. The summed E-state index contributed by atoms with van der Waals surface area (Å²) < 4.78 is 0. The van der Waals surface area contributed by atoms with Crippen LogP contribution in [0.3, 0.4) is 0 Å². The van der Waals surface area contributed by atoms with Gasteiger partial charge in [-0.2, -0.15) is 0 Å². The Hall–Kier alpha value is -0.940. The Balaban J connectivity index is 0.000000270. The minimum Gasteiger partial charge on any atom is -0.301 e. The van der Waals surface area contributed by atoms with Gasteiger partial charge >= 0.3 is 0 Å². The van der Waals surface area contributed by atoms with E-state index in [9.17, 15) is 0 Å². The van der Waals surface area contributed by atoms with Crippen LogP contribution in [-0.2, 0) is 13.0 Å². The molecule has 0 spiro atoms. The molecule has 4 aliphatic rings. The van der Waals surface area contributed by atoms with Crippen LogP contribution in [0.15, 0.2) is 24.3 Å². The van der Waals surface area contributed by atoms with E-state index < -0.39 is 0 Å². The van der Waals surface area contributed by atoms with Crippen molar-refractivity contribution in [3.8, 4) is 0 Å². The Kier molecular flexibility index (Phi) is 19.3. The zero-order chi connectivity index (χ0) is 28.6. The van der Waals surface area contributed by atoms with E-state index in [2.05, 4.69) is 99.3 Å². The molecule has 4 heterocycles. The average Bonchev–Trinajstić information content (AvgIpc) is 3.51. The van der Waals surface area contributed by atoms with Gasteiger partial charge < -0.3 is 14.7 Å². The third kappa shape index (κ3) is 14.3. The minimum absolute atomic E-state index is 0. The summed E-state index contributed by atoms with van der Waals surface area (Å²) in [7, 11) is 0. The lowest BCUT2D eigenvalue weighted by atomic mass is 9.99. The van der Waals surface area contributed by atoms with Crippen LogP contribution < -0.4 is 0 Å². The Labute approximate surface area is 251 Å². The quantitative estimate of drug-likeness (QED) is 0.368. The molecule has 0 radical (unpaired) electrons. The Bertz CT molecular complexity index is 704. The highest BCUT2D eigenvalue weighted by Crippen LogP contribution is 2.19. The molecular formula is C36H70N4. The molecule has 0 bridgehead atoms. The topological polar surface area (TPSA) is 13.0 Å². The maximum absolute atomic E-state index is 2.56. The van der Waals surface area contributed by atoms with E-state index in [1.807, 2.05) is 0 Å². The third-order valence-corrected chi connectivity index (χ3v) is 9.00.